The molecule has 0 spiro atoms. The van der Waals surface area contributed by atoms with E-state index in [2.05, 4.69) is 5.32 Å². The predicted molar refractivity (Wildman–Crippen MR) is 83.3 cm³/mol. The normalized spacial score (nSPS) is 27.0. The Labute approximate surface area is 130 Å². The van der Waals surface area contributed by atoms with E-state index in [4.69, 9.17) is 17.0 Å². The van der Waals surface area contributed by atoms with Crippen molar-refractivity contribution in [1.29, 1.82) is 5.41 Å². The third-order valence-corrected chi connectivity index (χ3v) is 5.03. The van der Waals surface area contributed by atoms with E-state index in [-0.39, 0.29) is 17.8 Å². The molecule has 3 rings (SSSR count). The van der Waals surface area contributed by atoms with Crippen molar-refractivity contribution in [2.75, 3.05) is 7.05 Å². The van der Waals surface area contributed by atoms with Crippen molar-refractivity contribution in [1.82, 2.24) is 10.2 Å². The molecular weight excluding hydrogens is 286 g/mol. The van der Waals surface area contributed by atoms with Gasteiger partial charge in [0.2, 0.25) is 0 Å². The number of benzene rings is 1. The number of carbonyl (C=O) groups is 1. The lowest BCUT2D eigenvalue weighted by Gasteiger charge is -2.38. The predicted octanol–water partition coefficient (Wildman–Crippen LogP) is 3.11. The van der Waals surface area contributed by atoms with Crippen LogP contribution in [0.5, 0.6) is 0 Å². The van der Waals surface area contributed by atoms with E-state index in [0.717, 1.165) is 31.2 Å². The molecule has 2 aliphatic rings. The Morgan fingerprint density at radius 2 is 2.05 bits per heavy atom. The van der Waals surface area contributed by atoms with Crippen LogP contribution in [0.3, 0.4) is 0 Å². The molecule has 1 saturated carbocycles. The van der Waals surface area contributed by atoms with Crippen LogP contribution in [0.25, 0.3) is 0 Å². The summed E-state index contributed by atoms with van der Waals surface area (Å²) in [5.41, 5.74) is 0.0537. The summed E-state index contributed by atoms with van der Waals surface area (Å²) in [5.74, 6) is 0.342. The highest BCUT2D eigenvalue weighted by Crippen LogP contribution is 2.43. The van der Waals surface area contributed by atoms with Crippen LogP contribution in [0.4, 0.5) is 0 Å². The zero-order valence-electron chi connectivity index (χ0n) is 12.2. The van der Waals surface area contributed by atoms with Gasteiger partial charge < -0.3 is 5.32 Å². The molecule has 1 aliphatic heterocycles. The Morgan fingerprint density at radius 1 is 1.33 bits per heavy atom. The Kier molecular flexibility index (Phi) is 3.66. The minimum atomic E-state index is -0.822. The number of guanidine groups is 1. The number of nitrogens with zero attached hydrogens (tertiary/aromatic N) is 1. The zero-order valence-corrected chi connectivity index (χ0v) is 12.9. The lowest BCUT2D eigenvalue weighted by molar-refractivity contribution is -0.133. The summed E-state index contributed by atoms with van der Waals surface area (Å²) in [6, 6.07) is 7.48. The quantitative estimate of drug-likeness (QED) is 0.882. The molecule has 2 fully saturated rings. The van der Waals surface area contributed by atoms with E-state index >= 15 is 0 Å². The number of hydrogen-bond acceptors (Lipinski definition) is 2. The average molecular weight is 306 g/mol. The molecule has 0 bridgehead atoms. The lowest BCUT2D eigenvalue weighted by atomic mass is 9.71. The maximum Gasteiger partial charge on any atom is 0.259 e. The van der Waals surface area contributed by atoms with Crippen LogP contribution in [0.1, 0.15) is 37.7 Å². The van der Waals surface area contributed by atoms with Gasteiger partial charge in [-0.1, -0.05) is 43.0 Å². The van der Waals surface area contributed by atoms with Gasteiger partial charge in [0.25, 0.3) is 5.91 Å². The molecule has 2 N–H and O–H groups in total. The molecule has 1 unspecified atom stereocenters. The van der Waals surface area contributed by atoms with Crippen LogP contribution in [0.2, 0.25) is 5.02 Å². The Balaban J connectivity index is 2.11. The van der Waals surface area contributed by atoms with Crippen molar-refractivity contribution in [3.05, 3.63) is 34.9 Å². The minimum Gasteiger partial charge on any atom is -0.338 e. The molecule has 21 heavy (non-hydrogen) atoms. The van der Waals surface area contributed by atoms with Crippen molar-refractivity contribution in [2.24, 2.45) is 5.92 Å². The van der Waals surface area contributed by atoms with Gasteiger partial charge in [-0.15, -0.1) is 0 Å². The molecule has 1 aromatic carbocycles. The molecule has 1 heterocycles. The van der Waals surface area contributed by atoms with Crippen molar-refractivity contribution in [3.63, 3.8) is 0 Å². The van der Waals surface area contributed by atoms with E-state index in [0.29, 0.717) is 5.02 Å². The van der Waals surface area contributed by atoms with E-state index in [9.17, 15) is 4.79 Å². The number of amides is 1. The zero-order chi connectivity index (χ0) is 15.0. The Hall–Kier alpha value is -1.55. The van der Waals surface area contributed by atoms with Gasteiger partial charge in [-0.2, -0.15) is 0 Å². The molecule has 1 aromatic rings. The van der Waals surface area contributed by atoms with Crippen LogP contribution >= 0.6 is 11.6 Å². The highest BCUT2D eigenvalue weighted by Gasteiger charge is 2.54. The van der Waals surface area contributed by atoms with Gasteiger partial charge in [0, 0.05) is 12.1 Å². The summed E-state index contributed by atoms with van der Waals surface area (Å²) in [5, 5.41) is 11.8. The van der Waals surface area contributed by atoms with Crippen LogP contribution in [0, 0.1) is 11.3 Å². The fourth-order valence-corrected chi connectivity index (χ4v) is 3.86. The summed E-state index contributed by atoms with van der Waals surface area (Å²) in [4.78, 5) is 14.3. The summed E-state index contributed by atoms with van der Waals surface area (Å²) in [7, 11) is 1.66. The molecule has 5 heteroatoms. The first-order valence-electron chi connectivity index (χ1n) is 7.46. The van der Waals surface area contributed by atoms with Gasteiger partial charge in [0.15, 0.2) is 5.96 Å². The largest absolute Gasteiger partial charge is 0.338 e. The van der Waals surface area contributed by atoms with Crippen LogP contribution in [-0.2, 0) is 10.3 Å². The first-order chi connectivity index (χ1) is 10.1. The van der Waals surface area contributed by atoms with Crippen LogP contribution < -0.4 is 5.32 Å². The molecule has 1 aliphatic carbocycles. The highest BCUT2D eigenvalue weighted by atomic mass is 35.5. The van der Waals surface area contributed by atoms with Crippen LogP contribution in [0.15, 0.2) is 24.3 Å². The average Bonchev–Trinajstić information content (AvgIpc) is 2.73. The summed E-state index contributed by atoms with van der Waals surface area (Å²) in [6.45, 7) is 0. The number of hydrogen-bond donors (Lipinski definition) is 2. The first-order valence-corrected chi connectivity index (χ1v) is 7.84. The van der Waals surface area contributed by atoms with E-state index in [1.54, 1.807) is 7.05 Å². The lowest BCUT2D eigenvalue weighted by Crippen LogP contribution is -2.50. The van der Waals surface area contributed by atoms with E-state index < -0.39 is 5.54 Å². The second-order valence-corrected chi connectivity index (χ2v) is 6.43. The molecule has 1 atom stereocenters. The fourth-order valence-electron chi connectivity index (χ4n) is 3.67. The number of nitrogens with one attached hydrogen (secondary N) is 2. The van der Waals surface area contributed by atoms with Crippen LogP contribution in [-0.4, -0.2) is 23.8 Å². The summed E-state index contributed by atoms with van der Waals surface area (Å²) < 4.78 is 0. The molecule has 4 nitrogen and oxygen atoms in total. The van der Waals surface area contributed by atoms with Crippen molar-refractivity contribution in [3.8, 4) is 0 Å². The van der Waals surface area contributed by atoms with Gasteiger partial charge in [0.1, 0.15) is 5.54 Å². The second kappa shape index (κ2) is 5.34. The monoisotopic (exact) mass is 305 g/mol. The third kappa shape index (κ3) is 2.22. The molecule has 0 radical (unpaired) electrons. The number of likely N-dealkylation sites (N-methyl/N-ethyl adjacent to an activating group) is 1. The van der Waals surface area contributed by atoms with E-state index in [1.165, 1.54) is 11.3 Å². The standard InChI is InChI=1S/C16H20ClN3O/c1-20-14(21)16(19-15(20)18,11-6-3-2-4-7-11)12-8-5-9-13(17)10-12/h5,8-11H,2-4,6-7H2,1H3,(H2,18,19). The van der Waals surface area contributed by atoms with Crippen molar-refractivity contribution in [2.45, 2.75) is 37.6 Å². The van der Waals surface area contributed by atoms with Gasteiger partial charge >= 0.3 is 0 Å². The molecule has 1 saturated heterocycles. The SMILES string of the molecule is CN1C(=N)NC(c2cccc(Cl)c2)(C2CCCCC2)C1=O. The second-order valence-electron chi connectivity index (χ2n) is 5.99. The van der Waals surface area contributed by atoms with Gasteiger partial charge in [-0.3, -0.25) is 15.1 Å². The van der Waals surface area contributed by atoms with Crippen molar-refractivity contribution >= 4 is 23.5 Å². The first kappa shape index (κ1) is 14.4. The maximum absolute atomic E-state index is 12.9. The van der Waals surface area contributed by atoms with E-state index in [1.807, 2.05) is 24.3 Å². The topological polar surface area (TPSA) is 56.2 Å². The summed E-state index contributed by atoms with van der Waals surface area (Å²) >= 11 is 6.14. The highest BCUT2D eigenvalue weighted by molar-refractivity contribution is 6.30. The molecular formula is C16H20ClN3O. The fraction of sp³-hybridized carbons (Fsp3) is 0.500. The molecule has 0 aromatic heterocycles. The van der Waals surface area contributed by atoms with Gasteiger partial charge in [-0.05, 0) is 36.5 Å². The van der Waals surface area contributed by atoms with Gasteiger partial charge in [0.05, 0.1) is 0 Å². The smallest absolute Gasteiger partial charge is 0.259 e. The number of carbonyl (C=O) groups excluding carboxylic acids is 1. The van der Waals surface area contributed by atoms with Gasteiger partial charge in [-0.25, -0.2) is 0 Å². The Morgan fingerprint density at radius 3 is 2.62 bits per heavy atom. The van der Waals surface area contributed by atoms with Crippen molar-refractivity contribution < 1.29 is 4.79 Å². The minimum absolute atomic E-state index is 0.0401. The Bertz CT molecular complexity index is 583. The summed E-state index contributed by atoms with van der Waals surface area (Å²) in [6.07, 6.45) is 5.51. The maximum atomic E-state index is 12.9. The number of rotatable bonds is 2. The molecule has 112 valence electrons. The molecule has 1 amide bonds. The third-order valence-electron chi connectivity index (χ3n) is 4.79. The number of halogens is 1.